The first kappa shape index (κ1) is 12.0. The molecule has 4 nitrogen and oxygen atoms in total. The van der Waals surface area contributed by atoms with Crippen molar-refractivity contribution in [2.24, 2.45) is 5.92 Å². The Morgan fingerprint density at radius 1 is 1.56 bits per heavy atom. The average Bonchev–Trinajstić information content (AvgIpc) is 2.86. The normalized spacial score (nSPS) is 26.4. The number of hydrogen-bond donors (Lipinski definition) is 0. The number of alkyl halides is 1. The Kier molecular flexibility index (Phi) is 3.97. The maximum atomic E-state index is 4.34. The molecule has 1 aliphatic rings. The van der Waals surface area contributed by atoms with Crippen molar-refractivity contribution in [1.82, 2.24) is 19.7 Å². The Labute approximate surface area is 105 Å². The molecule has 2 rings (SSSR count). The molecule has 5 heteroatoms. The standard InChI is InChI=1S/C11H19BrN4/c1-3-16-11(13-8-14-16)7-15-5-4-9(2)10(15)6-12/h8-10H,3-7H2,1-2H3. The number of hydrogen-bond acceptors (Lipinski definition) is 3. The summed E-state index contributed by atoms with van der Waals surface area (Å²) in [7, 11) is 0. The van der Waals surface area contributed by atoms with Gasteiger partial charge in [-0.1, -0.05) is 22.9 Å². The molecule has 0 radical (unpaired) electrons. The minimum absolute atomic E-state index is 0.641. The molecule has 1 aliphatic heterocycles. The highest BCUT2D eigenvalue weighted by molar-refractivity contribution is 9.09. The van der Waals surface area contributed by atoms with Gasteiger partial charge in [-0.2, -0.15) is 5.10 Å². The van der Waals surface area contributed by atoms with E-state index < -0.39 is 0 Å². The van der Waals surface area contributed by atoms with Crippen molar-refractivity contribution >= 4 is 15.9 Å². The molecule has 1 fully saturated rings. The molecule has 0 N–H and O–H groups in total. The maximum Gasteiger partial charge on any atom is 0.141 e. The van der Waals surface area contributed by atoms with Crippen LogP contribution in [0.3, 0.4) is 0 Å². The van der Waals surface area contributed by atoms with Gasteiger partial charge in [-0.25, -0.2) is 9.67 Å². The first-order valence-electron chi connectivity index (χ1n) is 5.93. The van der Waals surface area contributed by atoms with Gasteiger partial charge in [0.15, 0.2) is 0 Å². The molecule has 0 aliphatic carbocycles. The fourth-order valence-electron chi connectivity index (χ4n) is 2.39. The zero-order chi connectivity index (χ0) is 11.5. The number of halogens is 1. The lowest BCUT2D eigenvalue weighted by Gasteiger charge is -2.24. The molecule has 0 amide bonds. The van der Waals surface area contributed by atoms with E-state index in [-0.39, 0.29) is 0 Å². The van der Waals surface area contributed by atoms with Crippen LogP contribution in [0.2, 0.25) is 0 Å². The third-order valence-electron chi connectivity index (χ3n) is 3.50. The summed E-state index contributed by atoms with van der Waals surface area (Å²) in [6.45, 7) is 7.43. The van der Waals surface area contributed by atoms with Gasteiger partial charge in [0.2, 0.25) is 0 Å². The summed E-state index contributed by atoms with van der Waals surface area (Å²) in [6, 6.07) is 0.641. The highest BCUT2D eigenvalue weighted by Crippen LogP contribution is 2.26. The predicted molar refractivity (Wildman–Crippen MR) is 67.5 cm³/mol. The number of aromatic nitrogens is 3. The third kappa shape index (κ3) is 2.30. The van der Waals surface area contributed by atoms with Crippen LogP contribution in [0.4, 0.5) is 0 Å². The Morgan fingerprint density at radius 2 is 2.38 bits per heavy atom. The van der Waals surface area contributed by atoms with Gasteiger partial charge in [0.25, 0.3) is 0 Å². The smallest absolute Gasteiger partial charge is 0.141 e. The second-order valence-corrected chi connectivity index (χ2v) is 5.10. The largest absolute Gasteiger partial charge is 0.292 e. The summed E-state index contributed by atoms with van der Waals surface area (Å²) >= 11 is 3.61. The van der Waals surface area contributed by atoms with Crippen molar-refractivity contribution in [3.8, 4) is 0 Å². The number of likely N-dealkylation sites (tertiary alicyclic amines) is 1. The summed E-state index contributed by atoms with van der Waals surface area (Å²) in [4.78, 5) is 6.85. The van der Waals surface area contributed by atoms with E-state index in [1.807, 2.05) is 4.68 Å². The quantitative estimate of drug-likeness (QED) is 0.793. The van der Waals surface area contributed by atoms with Crippen molar-refractivity contribution in [1.29, 1.82) is 0 Å². The fourth-order valence-corrected chi connectivity index (χ4v) is 3.44. The molecule has 1 aromatic rings. The topological polar surface area (TPSA) is 34.0 Å². The molecule has 1 saturated heterocycles. The van der Waals surface area contributed by atoms with Crippen molar-refractivity contribution < 1.29 is 0 Å². The molecule has 90 valence electrons. The van der Waals surface area contributed by atoms with Gasteiger partial charge in [0.05, 0.1) is 6.54 Å². The van der Waals surface area contributed by atoms with Gasteiger partial charge in [0.1, 0.15) is 12.2 Å². The fraction of sp³-hybridized carbons (Fsp3) is 0.818. The molecule has 0 aromatic carbocycles. The number of nitrogens with zero attached hydrogens (tertiary/aromatic N) is 4. The van der Waals surface area contributed by atoms with E-state index >= 15 is 0 Å². The van der Waals surface area contributed by atoms with Gasteiger partial charge >= 0.3 is 0 Å². The SMILES string of the molecule is CCn1ncnc1CN1CCC(C)C1CBr. The summed E-state index contributed by atoms with van der Waals surface area (Å²) < 4.78 is 1.98. The van der Waals surface area contributed by atoms with E-state index in [1.54, 1.807) is 6.33 Å². The van der Waals surface area contributed by atoms with Crippen molar-refractivity contribution in [3.63, 3.8) is 0 Å². The maximum absolute atomic E-state index is 4.34. The van der Waals surface area contributed by atoms with E-state index in [0.717, 1.165) is 30.2 Å². The van der Waals surface area contributed by atoms with Gasteiger partial charge in [-0.3, -0.25) is 4.90 Å². The highest BCUT2D eigenvalue weighted by Gasteiger charge is 2.30. The summed E-state index contributed by atoms with van der Waals surface area (Å²) in [5.41, 5.74) is 0. The van der Waals surface area contributed by atoms with Crippen molar-refractivity contribution in [2.75, 3.05) is 11.9 Å². The molecular weight excluding hydrogens is 268 g/mol. The summed E-state index contributed by atoms with van der Waals surface area (Å²) in [5.74, 6) is 1.86. The third-order valence-corrected chi connectivity index (χ3v) is 4.16. The molecule has 2 atom stereocenters. The molecule has 16 heavy (non-hydrogen) atoms. The van der Waals surface area contributed by atoms with E-state index in [9.17, 15) is 0 Å². The zero-order valence-electron chi connectivity index (χ0n) is 9.93. The lowest BCUT2D eigenvalue weighted by molar-refractivity contribution is 0.234. The number of rotatable bonds is 4. The van der Waals surface area contributed by atoms with Crippen LogP contribution in [0.1, 0.15) is 26.1 Å². The Balaban J connectivity index is 2.04. The van der Waals surface area contributed by atoms with Crippen LogP contribution in [-0.2, 0) is 13.1 Å². The Hall–Kier alpha value is -0.420. The first-order chi connectivity index (χ1) is 7.76. The minimum Gasteiger partial charge on any atom is -0.292 e. The molecule has 2 heterocycles. The lowest BCUT2D eigenvalue weighted by atomic mass is 10.1. The predicted octanol–water partition coefficient (Wildman–Crippen LogP) is 1.90. The van der Waals surface area contributed by atoms with Gasteiger partial charge in [0, 0.05) is 17.9 Å². The van der Waals surface area contributed by atoms with Crippen LogP contribution in [0.5, 0.6) is 0 Å². The van der Waals surface area contributed by atoms with Gasteiger partial charge in [-0.05, 0) is 25.8 Å². The minimum atomic E-state index is 0.641. The van der Waals surface area contributed by atoms with E-state index in [2.05, 4.69) is 44.8 Å². The van der Waals surface area contributed by atoms with Crippen LogP contribution < -0.4 is 0 Å². The van der Waals surface area contributed by atoms with E-state index in [4.69, 9.17) is 0 Å². The van der Waals surface area contributed by atoms with E-state index in [0.29, 0.717) is 6.04 Å². The highest BCUT2D eigenvalue weighted by atomic mass is 79.9. The molecule has 0 saturated carbocycles. The molecule has 1 aromatic heterocycles. The lowest BCUT2D eigenvalue weighted by Crippen LogP contribution is -2.34. The van der Waals surface area contributed by atoms with Crippen LogP contribution in [0.15, 0.2) is 6.33 Å². The van der Waals surface area contributed by atoms with Crippen LogP contribution >= 0.6 is 15.9 Å². The number of aryl methyl sites for hydroxylation is 1. The molecular formula is C11H19BrN4. The van der Waals surface area contributed by atoms with Gasteiger partial charge in [-0.15, -0.1) is 0 Å². The van der Waals surface area contributed by atoms with Crippen LogP contribution in [0.25, 0.3) is 0 Å². The zero-order valence-corrected chi connectivity index (χ0v) is 11.5. The first-order valence-corrected chi connectivity index (χ1v) is 7.05. The second kappa shape index (κ2) is 5.27. The van der Waals surface area contributed by atoms with Crippen LogP contribution in [-0.4, -0.2) is 37.6 Å². The molecule has 2 unspecified atom stereocenters. The van der Waals surface area contributed by atoms with Gasteiger partial charge < -0.3 is 0 Å². The monoisotopic (exact) mass is 286 g/mol. The van der Waals surface area contributed by atoms with E-state index in [1.165, 1.54) is 13.0 Å². The molecule has 0 spiro atoms. The van der Waals surface area contributed by atoms with Crippen molar-refractivity contribution in [3.05, 3.63) is 12.2 Å². The van der Waals surface area contributed by atoms with Crippen LogP contribution in [0, 0.1) is 5.92 Å². The summed E-state index contributed by atoms with van der Waals surface area (Å²) in [6.07, 6.45) is 2.94. The second-order valence-electron chi connectivity index (χ2n) is 4.45. The summed E-state index contributed by atoms with van der Waals surface area (Å²) in [5, 5.41) is 5.26. The van der Waals surface area contributed by atoms with Crippen molar-refractivity contribution in [2.45, 2.75) is 39.4 Å². The molecule has 0 bridgehead atoms. The Morgan fingerprint density at radius 3 is 3.06 bits per heavy atom. The Bertz CT molecular complexity index is 338. The average molecular weight is 287 g/mol.